The summed E-state index contributed by atoms with van der Waals surface area (Å²) in [5.74, 6) is 0.0463. The number of nitrogens with one attached hydrogen (secondary N) is 1. The van der Waals surface area contributed by atoms with Gasteiger partial charge in [-0.15, -0.1) is 0 Å². The molecule has 0 saturated carbocycles. The molecular weight excluding hydrogens is 238 g/mol. The molecule has 0 aliphatic heterocycles. The highest BCUT2D eigenvalue weighted by Crippen LogP contribution is 2.19. The molecule has 0 aliphatic rings. The fourth-order valence-corrected chi connectivity index (χ4v) is 1.46. The van der Waals surface area contributed by atoms with Crippen molar-refractivity contribution in [3.63, 3.8) is 0 Å². The predicted molar refractivity (Wildman–Crippen MR) is 68.0 cm³/mol. The maximum atomic E-state index is 11.3. The molecule has 1 N–H and O–H groups in total. The molecule has 1 amide bonds. The Bertz CT molecular complexity index is 452. The molecule has 1 aromatic carbocycles. The van der Waals surface area contributed by atoms with Crippen LogP contribution in [0.3, 0.4) is 0 Å². The minimum atomic E-state index is 0.0463. The molecular formula is C12H14ClN3O. The van der Waals surface area contributed by atoms with Crippen LogP contribution in [-0.2, 0) is 4.79 Å². The highest BCUT2D eigenvalue weighted by atomic mass is 35.5. The molecule has 0 fully saturated rings. The smallest absolute Gasteiger partial charge is 0.223 e. The van der Waals surface area contributed by atoms with Gasteiger partial charge in [0.2, 0.25) is 5.91 Å². The molecule has 0 heterocycles. The maximum Gasteiger partial charge on any atom is 0.223 e. The van der Waals surface area contributed by atoms with Crippen LogP contribution in [0.2, 0.25) is 5.02 Å². The Balaban J connectivity index is 2.58. The van der Waals surface area contributed by atoms with E-state index in [0.29, 0.717) is 29.2 Å². The molecule has 0 aliphatic carbocycles. The first-order chi connectivity index (χ1) is 8.04. The Labute approximate surface area is 106 Å². The van der Waals surface area contributed by atoms with E-state index in [9.17, 15) is 4.79 Å². The van der Waals surface area contributed by atoms with Gasteiger partial charge in [0, 0.05) is 32.1 Å². The number of amides is 1. The Kier molecular flexibility index (Phi) is 4.80. The lowest BCUT2D eigenvalue weighted by atomic mass is 10.2. The first-order valence-corrected chi connectivity index (χ1v) is 5.56. The molecule has 90 valence electrons. The van der Waals surface area contributed by atoms with Gasteiger partial charge in [-0.2, -0.15) is 5.26 Å². The Hall–Kier alpha value is -1.73. The van der Waals surface area contributed by atoms with Crippen LogP contribution in [0.1, 0.15) is 12.0 Å². The van der Waals surface area contributed by atoms with Gasteiger partial charge in [-0.3, -0.25) is 4.79 Å². The number of anilines is 1. The van der Waals surface area contributed by atoms with Crippen LogP contribution in [0.15, 0.2) is 18.2 Å². The number of hydrogen-bond donors (Lipinski definition) is 1. The van der Waals surface area contributed by atoms with Crippen molar-refractivity contribution in [1.29, 1.82) is 5.26 Å². The quantitative estimate of drug-likeness (QED) is 0.892. The lowest BCUT2D eigenvalue weighted by Crippen LogP contribution is -2.24. The second-order valence-electron chi connectivity index (χ2n) is 3.77. The number of halogens is 1. The monoisotopic (exact) mass is 251 g/mol. The third-order valence-corrected chi connectivity index (χ3v) is 2.49. The minimum Gasteiger partial charge on any atom is -0.383 e. The normalized spacial score (nSPS) is 9.53. The van der Waals surface area contributed by atoms with Crippen LogP contribution in [0.5, 0.6) is 0 Å². The number of carbonyl (C=O) groups excluding carboxylic acids is 1. The van der Waals surface area contributed by atoms with Crippen LogP contribution in [-0.4, -0.2) is 31.4 Å². The molecule has 5 heteroatoms. The van der Waals surface area contributed by atoms with Crippen molar-refractivity contribution in [3.8, 4) is 6.07 Å². The molecule has 0 saturated heterocycles. The van der Waals surface area contributed by atoms with Gasteiger partial charge < -0.3 is 10.2 Å². The molecule has 17 heavy (non-hydrogen) atoms. The molecule has 0 spiro atoms. The molecule has 0 bridgehead atoms. The summed E-state index contributed by atoms with van der Waals surface area (Å²) in [6.45, 7) is 0.493. The summed E-state index contributed by atoms with van der Waals surface area (Å²) >= 11 is 5.78. The number of nitriles is 1. The van der Waals surface area contributed by atoms with Gasteiger partial charge in [-0.05, 0) is 18.2 Å². The van der Waals surface area contributed by atoms with E-state index in [0.717, 1.165) is 0 Å². The first-order valence-electron chi connectivity index (χ1n) is 5.18. The van der Waals surface area contributed by atoms with E-state index in [1.807, 2.05) is 0 Å². The maximum absolute atomic E-state index is 11.3. The van der Waals surface area contributed by atoms with Crippen molar-refractivity contribution in [2.45, 2.75) is 6.42 Å². The number of rotatable bonds is 4. The van der Waals surface area contributed by atoms with Crippen LogP contribution in [0.4, 0.5) is 5.69 Å². The first kappa shape index (κ1) is 13.3. The zero-order chi connectivity index (χ0) is 12.8. The summed E-state index contributed by atoms with van der Waals surface area (Å²) < 4.78 is 0. The van der Waals surface area contributed by atoms with Crippen molar-refractivity contribution in [1.82, 2.24) is 4.90 Å². The molecule has 0 atom stereocenters. The molecule has 0 unspecified atom stereocenters. The lowest BCUT2D eigenvalue weighted by Gasteiger charge is -2.11. The second-order valence-corrected chi connectivity index (χ2v) is 4.20. The fraction of sp³-hybridized carbons (Fsp3) is 0.333. The second kappa shape index (κ2) is 6.12. The molecule has 1 aromatic rings. The molecule has 0 radical (unpaired) electrons. The summed E-state index contributed by atoms with van der Waals surface area (Å²) in [5, 5.41) is 12.5. The highest BCUT2D eigenvalue weighted by molar-refractivity contribution is 6.30. The van der Waals surface area contributed by atoms with Gasteiger partial charge in [0.1, 0.15) is 6.07 Å². The molecule has 0 aromatic heterocycles. The van der Waals surface area contributed by atoms with Gasteiger partial charge in [-0.1, -0.05) is 11.6 Å². The summed E-state index contributed by atoms with van der Waals surface area (Å²) in [5.41, 5.74) is 1.18. The number of benzene rings is 1. The van der Waals surface area contributed by atoms with E-state index < -0.39 is 0 Å². The number of nitrogens with zero attached hydrogens (tertiary/aromatic N) is 2. The van der Waals surface area contributed by atoms with Crippen molar-refractivity contribution >= 4 is 23.2 Å². The topological polar surface area (TPSA) is 56.1 Å². The van der Waals surface area contributed by atoms with Crippen LogP contribution in [0.25, 0.3) is 0 Å². The third-order valence-electron chi connectivity index (χ3n) is 2.26. The minimum absolute atomic E-state index is 0.0463. The van der Waals surface area contributed by atoms with Gasteiger partial charge in [0.25, 0.3) is 0 Å². The lowest BCUT2D eigenvalue weighted by molar-refractivity contribution is -0.128. The average molecular weight is 252 g/mol. The van der Waals surface area contributed by atoms with E-state index in [-0.39, 0.29) is 5.91 Å². The van der Waals surface area contributed by atoms with Crippen molar-refractivity contribution in [2.75, 3.05) is 26.0 Å². The molecule has 1 rings (SSSR count). The third kappa shape index (κ3) is 3.97. The molecule has 4 nitrogen and oxygen atoms in total. The standard InChI is InChI=1S/C12H14ClN3O/c1-16(2)12(17)5-6-15-11-4-3-10(13)7-9(11)8-14/h3-4,7,15H,5-6H2,1-2H3. The average Bonchev–Trinajstić information content (AvgIpc) is 2.30. The van der Waals surface area contributed by atoms with Crippen LogP contribution < -0.4 is 5.32 Å². The van der Waals surface area contributed by atoms with E-state index >= 15 is 0 Å². The van der Waals surface area contributed by atoms with Gasteiger partial charge in [-0.25, -0.2) is 0 Å². The van der Waals surface area contributed by atoms with Crippen molar-refractivity contribution in [3.05, 3.63) is 28.8 Å². The van der Waals surface area contributed by atoms with E-state index in [1.54, 1.807) is 32.3 Å². The highest BCUT2D eigenvalue weighted by Gasteiger charge is 2.05. The van der Waals surface area contributed by atoms with Crippen LogP contribution >= 0.6 is 11.6 Å². The van der Waals surface area contributed by atoms with E-state index in [2.05, 4.69) is 11.4 Å². The fourth-order valence-electron chi connectivity index (χ4n) is 1.29. The van der Waals surface area contributed by atoms with Crippen molar-refractivity contribution < 1.29 is 4.79 Å². The Morgan fingerprint density at radius 3 is 2.82 bits per heavy atom. The SMILES string of the molecule is CN(C)C(=O)CCNc1ccc(Cl)cc1C#N. The number of carbonyl (C=O) groups is 1. The van der Waals surface area contributed by atoms with Gasteiger partial charge >= 0.3 is 0 Å². The van der Waals surface area contributed by atoms with Crippen molar-refractivity contribution in [2.24, 2.45) is 0 Å². The summed E-state index contributed by atoms with van der Waals surface area (Å²) in [6, 6.07) is 7.09. The Morgan fingerprint density at radius 2 is 2.24 bits per heavy atom. The summed E-state index contributed by atoms with van der Waals surface area (Å²) in [4.78, 5) is 12.9. The zero-order valence-electron chi connectivity index (χ0n) is 9.83. The van der Waals surface area contributed by atoms with E-state index in [1.165, 1.54) is 4.90 Å². The summed E-state index contributed by atoms with van der Waals surface area (Å²) in [7, 11) is 3.43. The largest absolute Gasteiger partial charge is 0.383 e. The zero-order valence-corrected chi connectivity index (χ0v) is 10.6. The Morgan fingerprint density at radius 1 is 1.53 bits per heavy atom. The van der Waals surface area contributed by atoms with Gasteiger partial charge in [0.15, 0.2) is 0 Å². The van der Waals surface area contributed by atoms with E-state index in [4.69, 9.17) is 16.9 Å². The van der Waals surface area contributed by atoms with Gasteiger partial charge in [0.05, 0.1) is 11.3 Å². The predicted octanol–water partition coefficient (Wildman–Crippen LogP) is 2.10. The summed E-state index contributed by atoms with van der Waals surface area (Å²) in [6.07, 6.45) is 0.389. The number of hydrogen-bond acceptors (Lipinski definition) is 3. The van der Waals surface area contributed by atoms with Crippen LogP contribution in [0, 0.1) is 11.3 Å².